The Balaban J connectivity index is 1.47. The van der Waals surface area contributed by atoms with E-state index in [4.69, 9.17) is 4.74 Å². The van der Waals surface area contributed by atoms with Gasteiger partial charge >= 0.3 is 0 Å². The van der Waals surface area contributed by atoms with Crippen molar-refractivity contribution in [2.45, 2.75) is 18.9 Å². The molecule has 178 valence electrons. The third-order valence-corrected chi connectivity index (χ3v) is 7.14. The van der Waals surface area contributed by atoms with Crippen molar-refractivity contribution in [1.29, 1.82) is 0 Å². The number of ether oxygens (including phenoxy) is 1. The van der Waals surface area contributed by atoms with Gasteiger partial charge in [-0.2, -0.15) is 5.10 Å². The molecule has 3 aromatic heterocycles. The summed E-state index contributed by atoms with van der Waals surface area (Å²) in [5.74, 6) is 0.818. The summed E-state index contributed by atoms with van der Waals surface area (Å²) in [6.45, 7) is 1.90. The monoisotopic (exact) mass is 489 g/mol. The van der Waals surface area contributed by atoms with Crippen molar-refractivity contribution in [3.63, 3.8) is 0 Å². The lowest BCUT2D eigenvalue weighted by atomic mass is 10.0. The van der Waals surface area contributed by atoms with Crippen LogP contribution in [0.15, 0.2) is 48.5 Å². The molecule has 0 amide bonds. The molecule has 0 aliphatic carbocycles. The molecule has 8 nitrogen and oxygen atoms in total. The molecule has 5 aromatic rings. The fourth-order valence-corrected chi connectivity index (χ4v) is 5.32. The van der Waals surface area contributed by atoms with Gasteiger partial charge in [0.05, 0.1) is 38.5 Å². The van der Waals surface area contributed by atoms with Gasteiger partial charge in [-0.3, -0.25) is 4.68 Å². The van der Waals surface area contributed by atoms with Crippen molar-refractivity contribution >= 4 is 44.0 Å². The summed E-state index contributed by atoms with van der Waals surface area (Å²) < 4.78 is 24.1. The van der Waals surface area contributed by atoms with E-state index in [1.54, 1.807) is 22.3 Å². The molecule has 1 N–H and O–H groups in total. The third-order valence-electron chi connectivity index (χ3n) is 6.31. The second-order valence-electron chi connectivity index (χ2n) is 8.89. The molecule has 0 bridgehead atoms. The quantitative estimate of drug-likeness (QED) is 0.372. The molecule has 0 unspecified atom stereocenters. The van der Waals surface area contributed by atoms with Gasteiger partial charge in [0, 0.05) is 25.4 Å². The van der Waals surface area contributed by atoms with Gasteiger partial charge in [0.1, 0.15) is 24.0 Å². The number of hydrogen-bond donors (Lipinski definition) is 1. The zero-order valence-corrected chi connectivity index (χ0v) is 20.2. The van der Waals surface area contributed by atoms with Gasteiger partial charge in [0.2, 0.25) is 0 Å². The summed E-state index contributed by atoms with van der Waals surface area (Å²) in [5, 5.41) is 8.22. The first kappa shape index (κ1) is 21.9. The van der Waals surface area contributed by atoms with Crippen LogP contribution in [0, 0.1) is 5.82 Å². The van der Waals surface area contributed by atoms with E-state index in [0.717, 1.165) is 42.4 Å². The Hall–Kier alpha value is -3.63. The second kappa shape index (κ2) is 8.86. The van der Waals surface area contributed by atoms with Crippen molar-refractivity contribution in [1.82, 2.24) is 29.6 Å². The molecule has 4 heterocycles. The zero-order chi connectivity index (χ0) is 23.9. The number of rotatable bonds is 5. The molecule has 1 atom stereocenters. The molecule has 35 heavy (non-hydrogen) atoms. The van der Waals surface area contributed by atoms with E-state index >= 15 is 4.39 Å². The van der Waals surface area contributed by atoms with Crippen LogP contribution in [0.25, 0.3) is 32.2 Å². The normalized spacial score (nSPS) is 16.7. The highest BCUT2D eigenvalue weighted by atomic mass is 32.1. The average molecular weight is 490 g/mol. The number of aryl methyl sites for hydroxylation is 1. The fourth-order valence-electron chi connectivity index (χ4n) is 4.59. The van der Waals surface area contributed by atoms with Gasteiger partial charge in [-0.1, -0.05) is 0 Å². The van der Waals surface area contributed by atoms with Gasteiger partial charge in [-0.25, -0.2) is 19.3 Å². The Morgan fingerprint density at radius 1 is 1.11 bits per heavy atom. The number of benzene rings is 2. The third kappa shape index (κ3) is 4.19. The molecule has 1 aliphatic heterocycles. The summed E-state index contributed by atoms with van der Waals surface area (Å²) >= 11 is 1.27. The summed E-state index contributed by atoms with van der Waals surface area (Å²) in [5.41, 5.74) is 5.24. The lowest BCUT2D eigenvalue weighted by Crippen LogP contribution is -2.38. The molecule has 0 saturated carbocycles. The van der Waals surface area contributed by atoms with E-state index in [0.29, 0.717) is 33.0 Å². The molecule has 0 radical (unpaired) electrons. The SMILES string of the molecule is CN1CCC[C@H](Oc2cc(-c3cnn(C)c3)cc3ncnc(Nc4ccc5ncsc5c4F)c23)C1. The van der Waals surface area contributed by atoms with E-state index in [1.165, 1.54) is 17.7 Å². The van der Waals surface area contributed by atoms with Crippen LogP contribution in [0.5, 0.6) is 5.75 Å². The molecule has 6 rings (SSSR count). The molecule has 1 saturated heterocycles. The maximum atomic E-state index is 15.2. The van der Waals surface area contributed by atoms with Gasteiger partial charge in [-0.15, -0.1) is 11.3 Å². The number of fused-ring (bicyclic) bond motifs is 2. The molecule has 10 heteroatoms. The summed E-state index contributed by atoms with van der Waals surface area (Å²) in [7, 11) is 3.99. The maximum absolute atomic E-state index is 15.2. The van der Waals surface area contributed by atoms with Crippen LogP contribution in [-0.4, -0.2) is 55.9 Å². The smallest absolute Gasteiger partial charge is 0.166 e. The Morgan fingerprint density at radius 3 is 2.86 bits per heavy atom. The average Bonchev–Trinajstić information content (AvgIpc) is 3.50. The minimum Gasteiger partial charge on any atom is -0.488 e. The van der Waals surface area contributed by atoms with Crippen LogP contribution in [0.4, 0.5) is 15.9 Å². The topological polar surface area (TPSA) is 81.0 Å². The standard InChI is InChI=1S/C25H24FN7OS/c1-32-7-3-4-17(12-32)34-21-9-15(16-10-30-33(2)11-16)8-20-22(21)25(28-13-27-20)31-18-5-6-19-24(23(18)26)35-14-29-19/h5-6,8-11,13-14,17H,3-4,7,12H2,1-2H3,(H,27,28,31)/t17-/m0/s1. The Kier molecular flexibility index (Phi) is 5.54. The van der Waals surface area contributed by atoms with Gasteiger partial charge in [0.15, 0.2) is 5.82 Å². The van der Waals surface area contributed by atoms with Crippen molar-refractivity contribution < 1.29 is 9.13 Å². The van der Waals surface area contributed by atoms with Crippen molar-refractivity contribution in [3.05, 3.63) is 54.3 Å². The first-order valence-electron chi connectivity index (χ1n) is 11.5. The number of likely N-dealkylation sites (tertiary alicyclic amines) is 1. The van der Waals surface area contributed by atoms with E-state index < -0.39 is 0 Å². The van der Waals surface area contributed by atoms with Crippen LogP contribution in [0.3, 0.4) is 0 Å². The van der Waals surface area contributed by atoms with Crippen molar-refractivity contribution in [2.24, 2.45) is 7.05 Å². The minimum absolute atomic E-state index is 0.0411. The molecule has 1 aliphatic rings. The van der Waals surface area contributed by atoms with Crippen LogP contribution in [-0.2, 0) is 7.05 Å². The zero-order valence-electron chi connectivity index (χ0n) is 19.4. The van der Waals surface area contributed by atoms with Crippen molar-refractivity contribution in [2.75, 3.05) is 25.5 Å². The predicted octanol–water partition coefficient (Wildman–Crippen LogP) is 5.00. The number of likely N-dealkylation sites (N-methyl/N-ethyl adjacent to an activating group) is 1. The van der Waals surface area contributed by atoms with Crippen LogP contribution in [0.1, 0.15) is 12.8 Å². The van der Waals surface area contributed by atoms with E-state index in [9.17, 15) is 0 Å². The number of nitrogens with zero attached hydrogens (tertiary/aromatic N) is 6. The number of thiazole rings is 1. The van der Waals surface area contributed by atoms with Crippen LogP contribution >= 0.6 is 11.3 Å². The van der Waals surface area contributed by atoms with Gasteiger partial charge in [0.25, 0.3) is 0 Å². The largest absolute Gasteiger partial charge is 0.488 e. The predicted molar refractivity (Wildman–Crippen MR) is 136 cm³/mol. The maximum Gasteiger partial charge on any atom is 0.166 e. The number of hydrogen-bond acceptors (Lipinski definition) is 8. The Labute approximate surface area is 205 Å². The minimum atomic E-state index is -0.347. The fraction of sp³-hybridized carbons (Fsp3) is 0.280. The number of anilines is 2. The van der Waals surface area contributed by atoms with E-state index in [-0.39, 0.29) is 11.9 Å². The van der Waals surface area contributed by atoms with E-state index in [2.05, 4.69) is 37.3 Å². The number of piperidine rings is 1. The molecular formula is C25H24FN7OS. The number of halogens is 1. The Bertz CT molecular complexity index is 1530. The molecule has 1 fully saturated rings. The number of nitrogens with one attached hydrogen (secondary N) is 1. The second-order valence-corrected chi connectivity index (χ2v) is 9.75. The molecular weight excluding hydrogens is 465 g/mol. The lowest BCUT2D eigenvalue weighted by molar-refractivity contribution is 0.106. The lowest BCUT2D eigenvalue weighted by Gasteiger charge is -2.30. The van der Waals surface area contributed by atoms with Gasteiger partial charge in [-0.05, 0) is 56.3 Å². The highest BCUT2D eigenvalue weighted by Crippen LogP contribution is 2.38. The first-order valence-corrected chi connectivity index (χ1v) is 12.3. The van der Waals surface area contributed by atoms with Gasteiger partial charge < -0.3 is 15.0 Å². The summed E-state index contributed by atoms with van der Waals surface area (Å²) in [6.07, 6.45) is 7.34. The van der Waals surface area contributed by atoms with Crippen molar-refractivity contribution in [3.8, 4) is 16.9 Å². The molecule has 2 aromatic carbocycles. The first-order chi connectivity index (χ1) is 17.0. The molecule has 0 spiro atoms. The summed E-state index contributed by atoms with van der Waals surface area (Å²) in [4.78, 5) is 15.5. The summed E-state index contributed by atoms with van der Waals surface area (Å²) in [6, 6.07) is 7.48. The van der Waals surface area contributed by atoms with E-state index in [1.807, 2.05) is 31.6 Å². The number of aromatic nitrogens is 5. The van der Waals surface area contributed by atoms with Crippen LogP contribution < -0.4 is 10.1 Å². The highest BCUT2D eigenvalue weighted by Gasteiger charge is 2.22. The Morgan fingerprint density at radius 2 is 2.03 bits per heavy atom. The highest BCUT2D eigenvalue weighted by molar-refractivity contribution is 7.16. The van der Waals surface area contributed by atoms with Crippen LogP contribution in [0.2, 0.25) is 0 Å².